The fourth-order valence-electron chi connectivity index (χ4n) is 1.58. The van der Waals surface area contributed by atoms with Crippen LogP contribution in [0, 0.1) is 0 Å². The maximum Gasteiger partial charge on any atom is 0.349 e. The topological polar surface area (TPSA) is 57.6 Å². The van der Waals surface area contributed by atoms with Crippen molar-refractivity contribution in [1.82, 2.24) is 4.90 Å². The third-order valence-electron chi connectivity index (χ3n) is 2.64. The number of likely N-dealkylation sites (N-methyl/N-ethyl adjacent to an activating group) is 1. The highest BCUT2D eigenvalue weighted by Crippen LogP contribution is 2.29. The van der Waals surface area contributed by atoms with Crippen LogP contribution in [0.15, 0.2) is 30.3 Å². The van der Waals surface area contributed by atoms with Gasteiger partial charge in [0.1, 0.15) is 0 Å². The third kappa shape index (κ3) is 4.01. The Morgan fingerprint density at radius 2 is 1.84 bits per heavy atom. The van der Waals surface area contributed by atoms with Gasteiger partial charge in [-0.3, -0.25) is 9.59 Å². The van der Waals surface area contributed by atoms with E-state index in [1.165, 1.54) is 31.3 Å². The number of rotatable bonds is 6. The van der Waals surface area contributed by atoms with Gasteiger partial charge in [-0.05, 0) is 6.42 Å². The van der Waals surface area contributed by atoms with Gasteiger partial charge >= 0.3 is 11.9 Å². The molecule has 1 N–H and O–H groups in total. The summed E-state index contributed by atoms with van der Waals surface area (Å²) in [5.41, 5.74) is -0.370. The summed E-state index contributed by atoms with van der Waals surface area (Å²) in [4.78, 5) is 22.8. The smallest absolute Gasteiger partial charge is 0.349 e. The van der Waals surface area contributed by atoms with Crippen LogP contribution in [0.2, 0.25) is 0 Å². The number of carboxylic acid groups (broad SMARTS) is 1. The molecule has 0 bridgehead atoms. The fourth-order valence-corrected chi connectivity index (χ4v) is 1.58. The maximum absolute atomic E-state index is 13.9. The Morgan fingerprint density at radius 3 is 2.37 bits per heavy atom. The molecule has 0 spiro atoms. The van der Waals surface area contributed by atoms with Crippen molar-refractivity contribution >= 4 is 11.9 Å². The molecule has 0 aliphatic heterocycles. The molecule has 6 heteroatoms. The van der Waals surface area contributed by atoms with E-state index in [-0.39, 0.29) is 24.9 Å². The van der Waals surface area contributed by atoms with E-state index in [4.69, 9.17) is 5.11 Å². The third-order valence-corrected chi connectivity index (χ3v) is 2.64. The second-order valence-electron chi connectivity index (χ2n) is 4.16. The maximum atomic E-state index is 13.9. The Morgan fingerprint density at radius 1 is 1.26 bits per heavy atom. The number of halogens is 2. The molecule has 104 valence electrons. The molecule has 0 atom stereocenters. The molecule has 19 heavy (non-hydrogen) atoms. The Hall–Kier alpha value is -1.98. The lowest BCUT2D eigenvalue weighted by molar-refractivity contribution is -0.157. The largest absolute Gasteiger partial charge is 0.481 e. The van der Waals surface area contributed by atoms with Gasteiger partial charge in [0.15, 0.2) is 0 Å². The Bertz CT molecular complexity index is 448. The van der Waals surface area contributed by atoms with E-state index in [0.29, 0.717) is 0 Å². The first-order valence-electron chi connectivity index (χ1n) is 5.76. The first kappa shape index (κ1) is 15.1. The zero-order valence-electron chi connectivity index (χ0n) is 10.5. The van der Waals surface area contributed by atoms with Gasteiger partial charge in [0.25, 0.3) is 5.91 Å². The van der Waals surface area contributed by atoms with Gasteiger partial charge in [0, 0.05) is 25.6 Å². The van der Waals surface area contributed by atoms with E-state index in [1.54, 1.807) is 6.07 Å². The normalized spacial score (nSPS) is 11.1. The standard InChI is InChI=1S/C13H15F2NO3/c1-16(9-5-8-11(17)18)12(19)13(14,15)10-6-3-2-4-7-10/h2-4,6-7H,5,8-9H2,1H3,(H,17,18). The van der Waals surface area contributed by atoms with E-state index in [9.17, 15) is 18.4 Å². The van der Waals surface area contributed by atoms with Crippen LogP contribution in [-0.2, 0) is 15.5 Å². The predicted molar refractivity (Wildman–Crippen MR) is 64.8 cm³/mol. The number of carboxylic acids is 1. The summed E-state index contributed by atoms with van der Waals surface area (Å²) in [5, 5.41) is 8.45. The SMILES string of the molecule is CN(CCCC(=O)O)C(=O)C(F)(F)c1ccccc1. The van der Waals surface area contributed by atoms with Crippen LogP contribution in [0.3, 0.4) is 0 Å². The molecule has 0 radical (unpaired) electrons. The summed E-state index contributed by atoms with van der Waals surface area (Å²) < 4.78 is 27.8. The minimum atomic E-state index is -3.60. The second-order valence-corrected chi connectivity index (χ2v) is 4.16. The van der Waals surface area contributed by atoms with Crippen LogP contribution in [-0.4, -0.2) is 35.5 Å². The summed E-state index contributed by atoms with van der Waals surface area (Å²) in [6.45, 7) is -0.0203. The van der Waals surface area contributed by atoms with Crippen molar-refractivity contribution < 1.29 is 23.5 Å². The molecule has 1 aromatic carbocycles. The number of carbonyl (C=O) groups excluding carboxylic acids is 1. The van der Waals surface area contributed by atoms with Gasteiger partial charge in [-0.15, -0.1) is 0 Å². The highest BCUT2D eigenvalue weighted by Gasteiger charge is 2.42. The summed E-state index contributed by atoms with van der Waals surface area (Å²) in [7, 11) is 1.24. The lowest BCUT2D eigenvalue weighted by atomic mass is 10.1. The Balaban J connectivity index is 2.67. The van der Waals surface area contributed by atoms with Crippen LogP contribution in [0.4, 0.5) is 8.78 Å². The first-order valence-corrected chi connectivity index (χ1v) is 5.76. The first-order chi connectivity index (χ1) is 8.85. The molecule has 0 unspecified atom stereocenters. The molecule has 0 heterocycles. The number of amides is 1. The van der Waals surface area contributed by atoms with E-state index in [0.717, 1.165) is 4.90 Å². The lowest BCUT2D eigenvalue weighted by Gasteiger charge is -2.23. The van der Waals surface area contributed by atoms with Gasteiger partial charge < -0.3 is 10.0 Å². The van der Waals surface area contributed by atoms with Crippen molar-refractivity contribution in [3.05, 3.63) is 35.9 Å². The molecule has 0 aliphatic rings. The minimum absolute atomic E-state index is 0.0203. The molecule has 1 rings (SSSR count). The minimum Gasteiger partial charge on any atom is -0.481 e. The van der Waals surface area contributed by atoms with Crippen LogP contribution in [0.1, 0.15) is 18.4 Å². The number of aliphatic carboxylic acids is 1. The summed E-state index contributed by atoms with van der Waals surface area (Å²) in [6, 6.07) is 6.81. The van der Waals surface area contributed by atoms with E-state index in [1.807, 2.05) is 0 Å². The highest BCUT2D eigenvalue weighted by molar-refractivity contribution is 5.84. The van der Waals surface area contributed by atoms with Crippen molar-refractivity contribution in [2.45, 2.75) is 18.8 Å². The van der Waals surface area contributed by atoms with Gasteiger partial charge in [-0.25, -0.2) is 0 Å². The highest BCUT2D eigenvalue weighted by atomic mass is 19.3. The van der Waals surface area contributed by atoms with Crippen LogP contribution in [0.5, 0.6) is 0 Å². The van der Waals surface area contributed by atoms with Crippen LogP contribution >= 0.6 is 0 Å². The van der Waals surface area contributed by atoms with Gasteiger partial charge in [0.2, 0.25) is 0 Å². The molecule has 1 aromatic rings. The zero-order chi connectivity index (χ0) is 14.5. The predicted octanol–water partition coefficient (Wildman–Crippen LogP) is 2.10. The average Bonchev–Trinajstić information content (AvgIpc) is 2.38. The number of alkyl halides is 2. The molecule has 0 saturated heterocycles. The fraction of sp³-hybridized carbons (Fsp3) is 0.385. The summed E-state index contributed by atoms with van der Waals surface area (Å²) in [6.07, 6.45) is -0.0169. The summed E-state index contributed by atoms with van der Waals surface area (Å²) in [5.74, 6) is -5.95. The molecule has 0 aromatic heterocycles. The lowest BCUT2D eigenvalue weighted by Crippen LogP contribution is -2.40. The zero-order valence-corrected chi connectivity index (χ0v) is 10.5. The number of hydrogen-bond donors (Lipinski definition) is 1. The molecule has 4 nitrogen and oxygen atoms in total. The van der Waals surface area contributed by atoms with Crippen LogP contribution < -0.4 is 0 Å². The van der Waals surface area contributed by atoms with Crippen LogP contribution in [0.25, 0.3) is 0 Å². The van der Waals surface area contributed by atoms with Crippen molar-refractivity contribution in [2.75, 3.05) is 13.6 Å². The van der Waals surface area contributed by atoms with Crippen molar-refractivity contribution in [3.8, 4) is 0 Å². The second kappa shape index (κ2) is 6.26. The van der Waals surface area contributed by atoms with Gasteiger partial charge in [-0.2, -0.15) is 8.78 Å². The Kier molecular flexibility index (Phi) is 4.97. The molecule has 0 fully saturated rings. The van der Waals surface area contributed by atoms with Crippen molar-refractivity contribution in [2.24, 2.45) is 0 Å². The molecular formula is C13H15F2NO3. The van der Waals surface area contributed by atoms with E-state index < -0.39 is 17.8 Å². The molecule has 1 amide bonds. The molecule has 0 saturated carbocycles. The van der Waals surface area contributed by atoms with E-state index >= 15 is 0 Å². The average molecular weight is 271 g/mol. The Labute approximate surface area is 109 Å². The van der Waals surface area contributed by atoms with Crippen molar-refractivity contribution in [1.29, 1.82) is 0 Å². The molecular weight excluding hydrogens is 256 g/mol. The van der Waals surface area contributed by atoms with Crippen molar-refractivity contribution in [3.63, 3.8) is 0 Å². The number of carbonyl (C=O) groups is 2. The quantitative estimate of drug-likeness (QED) is 0.862. The number of nitrogens with zero attached hydrogens (tertiary/aromatic N) is 1. The van der Waals surface area contributed by atoms with Gasteiger partial charge in [0.05, 0.1) is 0 Å². The number of hydrogen-bond acceptors (Lipinski definition) is 2. The molecule has 0 aliphatic carbocycles. The number of benzene rings is 1. The monoisotopic (exact) mass is 271 g/mol. The van der Waals surface area contributed by atoms with Gasteiger partial charge in [-0.1, -0.05) is 30.3 Å². The summed E-state index contributed by atoms with van der Waals surface area (Å²) >= 11 is 0. The van der Waals surface area contributed by atoms with E-state index in [2.05, 4.69) is 0 Å².